The Hall–Kier alpha value is -3.19. The summed E-state index contributed by atoms with van der Waals surface area (Å²) >= 11 is 1.48. The molecule has 2 aromatic heterocycles. The maximum Gasteiger partial charge on any atom is 0.250 e. The van der Waals surface area contributed by atoms with Gasteiger partial charge in [-0.2, -0.15) is 4.98 Å². The van der Waals surface area contributed by atoms with Gasteiger partial charge in [-0.1, -0.05) is 42.5 Å². The van der Waals surface area contributed by atoms with Gasteiger partial charge in [0.25, 0.3) is 0 Å². The Kier molecular flexibility index (Phi) is 4.84. The number of nitrogens with one attached hydrogen (secondary N) is 1. The van der Waals surface area contributed by atoms with E-state index in [-0.39, 0.29) is 5.91 Å². The molecule has 0 aliphatic heterocycles. The zero-order valence-electron chi connectivity index (χ0n) is 14.8. The van der Waals surface area contributed by atoms with Crippen molar-refractivity contribution in [3.05, 3.63) is 65.5 Å². The van der Waals surface area contributed by atoms with Gasteiger partial charge in [0.15, 0.2) is 0 Å². The smallest absolute Gasteiger partial charge is 0.250 e. The number of aryl methyl sites for hydroxylation is 1. The molecule has 1 amide bonds. The first kappa shape index (κ1) is 17.2. The van der Waals surface area contributed by atoms with Crippen molar-refractivity contribution in [3.63, 3.8) is 0 Å². The summed E-state index contributed by atoms with van der Waals surface area (Å²) in [6.45, 7) is 0. The first-order valence-corrected chi connectivity index (χ1v) is 9.43. The van der Waals surface area contributed by atoms with E-state index in [4.69, 9.17) is 4.74 Å². The summed E-state index contributed by atoms with van der Waals surface area (Å²) in [7, 11) is 1.64. The molecule has 0 spiro atoms. The van der Waals surface area contributed by atoms with Crippen LogP contribution in [0.3, 0.4) is 0 Å². The number of carbonyl (C=O) groups is 1. The molecule has 2 heterocycles. The molecule has 0 saturated carbocycles. The number of amides is 1. The van der Waals surface area contributed by atoms with Crippen molar-refractivity contribution in [2.75, 3.05) is 12.4 Å². The first-order chi connectivity index (χ1) is 13.2. The average Bonchev–Trinajstić information content (AvgIpc) is 3.27. The van der Waals surface area contributed by atoms with Crippen LogP contribution in [-0.4, -0.2) is 27.6 Å². The molecule has 1 N–H and O–H groups in total. The fourth-order valence-electron chi connectivity index (χ4n) is 2.80. The summed E-state index contributed by atoms with van der Waals surface area (Å²) in [6.07, 6.45) is 1.07. The second-order valence-corrected chi connectivity index (χ2v) is 6.85. The number of fused-ring (bicyclic) bond motifs is 1. The summed E-state index contributed by atoms with van der Waals surface area (Å²) in [5.41, 5.74) is 3.02. The molecule has 0 bridgehead atoms. The zero-order chi connectivity index (χ0) is 18.6. The number of carbonyl (C=O) groups excluding carboxylic acids is 1. The van der Waals surface area contributed by atoms with Crippen molar-refractivity contribution in [3.8, 4) is 17.0 Å². The Balaban J connectivity index is 1.49. The van der Waals surface area contributed by atoms with E-state index in [1.165, 1.54) is 11.3 Å². The highest BCUT2D eigenvalue weighted by molar-refractivity contribution is 7.15. The van der Waals surface area contributed by atoms with Gasteiger partial charge >= 0.3 is 0 Å². The summed E-state index contributed by atoms with van der Waals surface area (Å²) in [6, 6.07) is 17.7. The quantitative estimate of drug-likeness (QED) is 0.550. The molecular weight excluding hydrogens is 360 g/mol. The van der Waals surface area contributed by atoms with Gasteiger partial charge in [0, 0.05) is 17.4 Å². The zero-order valence-corrected chi connectivity index (χ0v) is 15.6. The predicted molar refractivity (Wildman–Crippen MR) is 106 cm³/mol. The van der Waals surface area contributed by atoms with Gasteiger partial charge in [0.2, 0.25) is 16.8 Å². The van der Waals surface area contributed by atoms with E-state index in [0.717, 1.165) is 27.5 Å². The van der Waals surface area contributed by atoms with Crippen LogP contribution in [0, 0.1) is 0 Å². The van der Waals surface area contributed by atoms with Crippen LogP contribution in [0.15, 0.2) is 60.0 Å². The molecule has 6 nitrogen and oxygen atoms in total. The molecule has 0 aliphatic carbocycles. The van der Waals surface area contributed by atoms with Crippen molar-refractivity contribution < 1.29 is 9.53 Å². The lowest BCUT2D eigenvalue weighted by Crippen LogP contribution is -2.13. The number of anilines is 1. The van der Waals surface area contributed by atoms with Crippen molar-refractivity contribution in [2.24, 2.45) is 0 Å². The van der Waals surface area contributed by atoms with E-state index in [9.17, 15) is 4.79 Å². The first-order valence-electron chi connectivity index (χ1n) is 8.55. The van der Waals surface area contributed by atoms with Gasteiger partial charge in [-0.15, -0.1) is 16.4 Å². The maximum absolute atomic E-state index is 12.2. The molecule has 27 heavy (non-hydrogen) atoms. The minimum absolute atomic E-state index is 0.0972. The standard InChI is InChI=1S/C20H18N4O2S/c1-26-16-9-5-8-15(12-16)17-13-27-20-22-19(23-24(17)20)21-18(25)11-10-14-6-3-2-4-7-14/h2-9,12-13H,10-11H2,1H3,(H,21,23,25). The van der Waals surface area contributed by atoms with Crippen molar-refractivity contribution in [2.45, 2.75) is 12.8 Å². The molecule has 2 aromatic carbocycles. The van der Waals surface area contributed by atoms with E-state index in [0.29, 0.717) is 18.8 Å². The molecule has 0 aliphatic rings. The van der Waals surface area contributed by atoms with Gasteiger partial charge in [0.05, 0.1) is 12.8 Å². The van der Waals surface area contributed by atoms with Gasteiger partial charge in [-0.3, -0.25) is 10.1 Å². The molecule has 0 radical (unpaired) electrons. The largest absolute Gasteiger partial charge is 0.497 e. The van der Waals surface area contributed by atoms with E-state index in [2.05, 4.69) is 15.4 Å². The minimum atomic E-state index is -0.0972. The third-order valence-electron chi connectivity index (χ3n) is 4.18. The van der Waals surface area contributed by atoms with E-state index < -0.39 is 0 Å². The Morgan fingerprint density at radius 1 is 1.19 bits per heavy atom. The number of thiazole rings is 1. The van der Waals surface area contributed by atoms with Crippen LogP contribution >= 0.6 is 11.3 Å². The van der Waals surface area contributed by atoms with Crippen LogP contribution < -0.4 is 10.1 Å². The van der Waals surface area contributed by atoms with E-state index in [1.807, 2.05) is 60.0 Å². The predicted octanol–water partition coefficient (Wildman–Crippen LogP) is 4.04. The van der Waals surface area contributed by atoms with E-state index in [1.54, 1.807) is 11.6 Å². The highest BCUT2D eigenvalue weighted by Gasteiger charge is 2.13. The van der Waals surface area contributed by atoms with Crippen molar-refractivity contribution >= 4 is 28.2 Å². The Morgan fingerprint density at radius 2 is 2.04 bits per heavy atom. The number of hydrogen-bond donors (Lipinski definition) is 1. The lowest BCUT2D eigenvalue weighted by atomic mass is 10.1. The van der Waals surface area contributed by atoms with Gasteiger partial charge in [0.1, 0.15) is 5.75 Å². The van der Waals surface area contributed by atoms with Crippen molar-refractivity contribution in [1.82, 2.24) is 14.6 Å². The molecular formula is C20H18N4O2S. The van der Waals surface area contributed by atoms with Crippen LogP contribution in [0.25, 0.3) is 16.2 Å². The molecule has 0 saturated heterocycles. The second-order valence-electron chi connectivity index (χ2n) is 6.02. The minimum Gasteiger partial charge on any atom is -0.497 e. The highest BCUT2D eigenvalue weighted by atomic mass is 32.1. The maximum atomic E-state index is 12.2. The Labute approximate surface area is 160 Å². The molecule has 136 valence electrons. The fraction of sp³-hybridized carbons (Fsp3) is 0.150. The van der Waals surface area contributed by atoms with Crippen LogP contribution in [0.4, 0.5) is 5.95 Å². The summed E-state index contributed by atoms with van der Waals surface area (Å²) in [5, 5.41) is 9.22. The van der Waals surface area contributed by atoms with Gasteiger partial charge < -0.3 is 4.74 Å². The number of hydrogen-bond acceptors (Lipinski definition) is 5. The SMILES string of the molecule is COc1cccc(-c2csc3nc(NC(=O)CCc4ccccc4)nn23)c1. The van der Waals surface area contributed by atoms with Crippen LogP contribution in [0.5, 0.6) is 5.75 Å². The summed E-state index contributed by atoms with van der Waals surface area (Å²) in [4.78, 5) is 17.3. The molecule has 4 rings (SSSR count). The highest BCUT2D eigenvalue weighted by Crippen LogP contribution is 2.28. The lowest BCUT2D eigenvalue weighted by molar-refractivity contribution is -0.116. The molecule has 7 heteroatoms. The van der Waals surface area contributed by atoms with Crippen LogP contribution in [0.1, 0.15) is 12.0 Å². The number of benzene rings is 2. The normalized spacial score (nSPS) is 10.9. The number of nitrogens with zero attached hydrogens (tertiary/aromatic N) is 3. The molecule has 0 fully saturated rings. The fourth-order valence-corrected chi connectivity index (χ4v) is 3.64. The molecule has 0 atom stereocenters. The Bertz CT molecular complexity index is 1070. The molecule has 4 aromatic rings. The van der Waals surface area contributed by atoms with Gasteiger partial charge in [-0.25, -0.2) is 4.52 Å². The van der Waals surface area contributed by atoms with Gasteiger partial charge in [-0.05, 0) is 24.1 Å². The number of aromatic nitrogens is 3. The van der Waals surface area contributed by atoms with Crippen LogP contribution in [0.2, 0.25) is 0 Å². The Morgan fingerprint density at radius 3 is 2.85 bits per heavy atom. The van der Waals surface area contributed by atoms with E-state index >= 15 is 0 Å². The monoisotopic (exact) mass is 378 g/mol. The summed E-state index contributed by atoms with van der Waals surface area (Å²) in [5.74, 6) is 1.01. The second kappa shape index (κ2) is 7.59. The average molecular weight is 378 g/mol. The number of ether oxygens (including phenoxy) is 1. The number of rotatable bonds is 6. The summed E-state index contributed by atoms with van der Waals surface area (Å²) < 4.78 is 7.03. The lowest BCUT2D eigenvalue weighted by Gasteiger charge is -2.03. The molecule has 0 unspecified atom stereocenters. The van der Waals surface area contributed by atoms with Crippen molar-refractivity contribution in [1.29, 1.82) is 0 Å². The third-order valence-corrected chi connectivity index (χ3v) is 5.00. The number of methoxy groups -OCH3 is 1. The third kappa shape index (κ3) is 3.83. The topological polar surface area (TPSA) is 68.5 Å². The van der Waals surface area contributed by atoms with Crippen LogP contribution in [-0.2, 0) is 11.2 Å².